The molecule has 0 aliphatic carbocycles. The maximum atomic E-state index is 11.6. The van der Waals surface area contributed by atoms with Gasteiger partial charge in [-0.05, 0) is 0 Å². The van der Waals surface area contributed by atoms with Crippen molar-refractivity contribution < 1.29 is 18.3 Å². The topological polar surface area (TPSA) is 79.9 Å². The molecule has 0 aliphatic heterocycles. The minimum Gasteiger partial charge on any atom is -0.374 e. The van der Waals surface area contributed by atoms with Crippen molar-refractivity contribution in [2.24, 2.45) is 0 Å². The van der Waals surface area contributed by atoms with Crippen LogP contribution in [0.4, 0.5) is 8.78 Å². The molecule has 0 bridgehead atoms. The Morgan fingerprint density at radius 1 is 1.67 bits per heavy atom. The molecule has 0 aliphatic rings. The van der Waals surface area contributed by atoms with Gasteiger partial charge in [-0.2, -0.15) is 15.4 Å². The van der Waals surface area contributed by atoms with Gasteiger partial charge in [-0.1, -0.05) is 0 Å². The molecule has 0 unspecified atom stereocenters. The quantitative estimate of drug-likeness (QED) is 0.651. The summed E-state index contributed by atoms with van der Waals surface area (Å²) in [6.07, 6.45) is -1.23. The number of aromatic amines is 1. The standard InChI is InChI=1S/C7H10F2N4O2/c8-6(9)4-15-2-1-10-7(14)5-3-11-13-12-5/h3,6H,1-2,4H2,(H,10,14)(H,11,12,13). The van der Waals surface area contributed by atoms with Gasteiger partial charge in [-0.15, -0.1) is 0 Å². The summed E-state index contributed by atoms with van der Waals surface area (Å²) in [6, 6.07) is 0. The van der Waals surface area contributed by atoms with Gasteiger partial charge >= 0.3 is 0 Å². The molecule has 8 heteroatoms. The van der Waals surface area contributed by atoms with Crippen LogP contribution < -0.4 is 5.32 Å². The molecule has 6 nitrogen and oxygen atoms in total. The second-order valence-corrected chi connectivity index (χ2v) is 2.58. The molecule has 0 spiro atoms. The number of nitrogens with zero attached hydrogens (tertiary/aromatic N) is 2. The van der Waals surface area contributed by atoms with Crippen LogP contribution in [0.5, 0.6) is 0 Å². The van der Waals surface area contributed by atoms with E-state index in [0.717, 1.165) is 0 Å². The first-order valence-electron chi connectivity index (χ1n) is 4.20. The normalized spacial score (nSPS) is 10.6. The van der Waals surface area contributed by atoms with Crippen LogP contribution in [0, 0.1) is 0 Å². The number of hydrogen-bond donors (Lipinski definition) is 2. The lowest BCUT2D eigenvalue weighted by atomic mass is 10.4. The van der Waals surface area contributed by atoms with Crippen molar-refractivity contribution in [1.29, 1.82) is 0 Å². The van der Waals surface area contributed by atoms with E-state index < -0.39 is 18.9 Å². The lowest BCUT2D eigenvalue weighted by Gasteiger charge is -2.04. The highest BCUT2D eigenvalue weighted by Crippen LogP contribution is 1.91. The number of H-pyrrole nitrogens is 1. The highest BCUT2D eigenvalue weighted by atomic mass is 19.3. The van der Waals surface area contributed by atoms with Gasteiger partial charge in [-0.25, -0.2) is 8.78 Å². The second kappa shape index (κ2) is 6.02. The first-order chi connectivity index (χ1) is 7.20. The maximum Gasteiger partial charge on any atom is 0.273 e. The van der Waals surface area contributed by atoms with Gasteiger partial charge in [0.05, 0.1) is 12.8 Å². The van der Waals surface area contributed by atoms with Crippen LogP contribution in [-0.2, 0) is 4.74 Å². The summed E-state index contributed by atoms with van der Waals surface area (Å²) in [6.45, 7) is -0.438. The van der Waals surface area contributed by atoms with Crippen molar-refractivity contribution >= 4 is 5.91 Å². The summed E-state index contributed by atoms with van der Waals surface area (Å²) in [7, 11) is 0. The summed E-state index contributed by atoms with van der Waals surface area (Å²) in [5.74, 6) is -0.426. The van der Waals surface area contributed by atoms with E-state index >= 15 is 0 Å². The zero-order chi connectivity index (χ0) is 11.1. The highest BCUT2D eigenvalue weighted by Gasteiger charge is 2.07. The van der Waals surface area contributed by atoms with E-state index in [1.165, 1.54) is 6.20 Å². The molecule has 0 atom stereocenters. The van der Waals surface area contributed by atoms with Gasteiger partial charge in [0, 0.05) is 6.54 Å². The van der Waals surface area contributed by atoms with Gasteiger partial charge in [-0.3, -0.25) is 4.79 Å². The molecule has 0 saturated carbocycles. The molecule has 1 rings (SSSR count). The molecular weight excluding hydrogens is 210 g/mol. The molecule has 1 aromatic rings. The van der Waals surface area contributed by atoms with Crippen LogP contribution in [0.15, 0.2) is 6.20 Å². The van der Waals surface area contributed by atoms with Gasteiger partial charge < -0.3 is 10.1 Å². The zero-order valence-corrected chi connectivity index (χ0v) is 7.74. The predicted molar refractivity (Wildman–Crippen MR) is 45.5 cm³/mol. The molecule has 0 aromatic carbocycles. The van der Waals surface area contributed by atoms with Crippen molar-refractivity contribution in [3.63, 3.8) is 0 Å². The Morgan fingerprint density at radius 2 is 2.47 bits per heavy atom. The lowest BCUT2D eigenvalue weighted by molar-refractivity contribution is 0.0188. The Morgan fingerprint density at radius 3 is 3.07 bits per heavy atom. The SMILES string of the molecule is O=C(NCCOCC(F)F)c1cn[nH]n1. The van der Waals surface area contributed by atoms with Crippen LogP contribution in [0.2, 0.25) is 0 Å². The summed E-state index contributed by atoms with van der Waals surface area (Å²) < 4.78 is 27.8. The monoisotopic (exact) mass is 220 g/mol. The molecule has 84 valence electrons. The summed E-state index contributed by atoms with van der Waals surface area (Å²) in [4.78, 5) is 11.2. The molecule has 15 heavy (non-hydrogen) atoms. The molecule has 1 heterocycles. The number of rotatable bonds is 6. The Bertz CT molecular complexity index is 291. The minimum atomic E-state index is -2.49. The number of halogens is 2. The maximum absolute atomic E-state index is 11.6. The second-order valence-electron chi connectivity index (χ2n) is 2.58. The largest absolute Gasteiger partial charge is 0.374 e. The fraction of sp³-hybridized carbons (Fsp3) is 0.571. The predicted octanol–water partition coefficient (Wildman–Crippen LogP) is -0.184. The van der Waals surface area contributed by atoms with E-state index in [1.807, 2.05) is 0 Å². The van der Waals surface area contributed by atoms with E-state index in [1.54, 1.807) is 0 Å². The van der Waals surface area contributed by atoms with Crippen LogP contribution in [0.25, 0.3) is 0 Å². The number of amides is 1. The number of alkyl halides is 2. The smallest absolute Gasteiger partial charge is 0.273 e. The Labute approximate surface area is 84.0 Å². The number of carbonyl (C=O) groups excluding carboxylic acids is 1. The third-order valence-corrected chi connectivity index (χ3v) is 1.42. The van der Waals surface area contributed by atoms with Gasteiger partial charge in [0.25, 0.3) is 12.3 Å². The highest BCUT2D eigenvalue weighted by molar-refractivity contribution is 5.91. The van der Waals surface area contributed by atoms with Crippen LogP contribution in [0.1, 0.15) is 10.5 Å². The average Bonchev–Trinajstić information content (AvgIpc) is 2.69. The number of nitrogens with one attached hydrogen (secondary N) is 2. The molecule has 0 fully saturated rings. The van der Waals surface area contributed by atoms with Crippen molar-refractivity contribution in [3.05, 3.63) is 11.9 Å². The Balaban J connectivity index is 2.08. The number of hydrogen-bond acceptors (Lipinski definition) is 4. The number of ether oxygens (including phenoxy) is 1. The molecule has 1 aromatic heterocycles. The van der Waals surface area contributed by atoms with Crippen LogP contribution in [-0.4, -0.2) is 47.5 Å². The van der Waals surface area contributed by atoms with Crippen LogP contribution >= 0.6 is 0 Å². The third-order valence-electron chi connectivity index (χ3n) is 1.42. The molecule has 1 amide bonds. The molecule has 2 N–H and O–H groups in total. The van der Waals surface area contributed by atoms with E-state index in [9.17, 15) is 13.6 Å². The van der Waals surface area contributed by atoms with E-state index in [-0.39, 0.29) is 18.8 Å². The first-order valence-corrected chi connectivity index (χ1v) is 4.20. The zero-order valence-electron chi connectivity index (χ0n) is 7.74. The molecular formula is C7H10F2N4O2. The fourth-order valence-corrected chi connectivity index (χ4v) is 0.811. The van der Waals surface area contributed by atoms with E-state index in [0.29, 0.717) is 0 Å². The van der Waals surface area contributed by atoms with Crippen molar-refractivity contribution in [2.45, 2.75) is 6.43 Å². The lowest BCUT2D eigenvalue weighted by Crippen LogP contribution is -2.28. The van der Waals surface area contributed by atoms with Crippen molar-refractivity contribution in [2.75, 3.05) is 19.8 Å². The molecule has 0 saturated heterocycles. The van der Waals surface area contributed by atoms with Crippen LogP contribution in [0.3, 0.4) is 0 Å². The number of carbonyl (C=O) groups is 1. The summed E-state index contributed by atoms with van der Waals surface area (Å²) in [5, 5.41) is 11.7. The van der Waals surface area contributed by atoms with Gasteiger partial charge in [0.1, 0.15) is 6.61 Å². The Hall–Kier alpha value is -1.57. The van der Waals surface area contributed by atoms with Crippen molar-refractivity contribution in [3.8, 4) is 0 Å². The minimum absolute atomic E-state index is 0.0356. The van der Waals surface area contributed by atoms with Gasteiger partial charge in [0.15, 0.2) is 5.69 Å². The van der Waals surface area contributed by atoms with E-state index in [2.05, 4.69) is 25.5 Å². The van der Waals surface area contributed by atoms with E-state index in [4.69, 9.17) is 0 Å². The Kier molecular flexibility index (Phi) is 4.61. The molecule has 0 radical (unpaired) electrons. The number of aromatic nitrogens is 3. The first kappa shape index (κ1) is 11.5. The van der Waals surface area contributed by atoms with Crippen molar-refractivity contribution in [1.82, 2.24) is 20.7 Å². The fourth-order valence-electron chi connectivity index (χ4n) is 0.811. The summed E-state index contributed by atoms with van der Waals surface area (Å²) in [5.41, 5.74) is 0.142. The third kappa shape index (κ3) is 4.45. The average molecular weight is 220 g/mol. The van der Waals surface area contributed by atoms with Gasteiger partial charge in [0.2, 0.25) is 0 Å². The summed E-state index contributed by atoms with van der Waals surface area (Å²) >= 11 is 0.